The molecule has 1 N–H and O–H groups in total. The minimum Gasteiger partial charge on any atom is -0.352 e. The highest BCUT2D eigenvalue weighted by Crippen LogP contribution is 2.29. The molecule has 1 saturated carbocycles. The lowest BCUT2D eigenvalue weighted by molar-refractivity contribution is -0.120. The second-order valence-electron chi connectivity index (χ2n) is 6.87. The number of aromatic nitrogens is 2. The van der Waals surface area contributed by atoms with E-state index in [9.17, 15) is 9.00 Å². The summed E-state index contributed by atoms with van der Waals surface area (Å²) in [5.74, 6) is 1.36. The van der Waals surface area contributed by atoms with Gasteiger partial charge in [0.1, 0.15) is 11.4 Å². The van der Waals surface area contributed by atoms with Crippen LogP contribution in [0.2, 0.25) is 0 Å². The fourth-order valence-electron chi connectivity index (χ4n) is 3.45. The van der Waals surface area contributed by atoms with Crippen molar-refractivity contribution in [3.63, 3.8) is 0 Å². The zero-order valence-corrected chi connectivity index (χ0v) is 15.1. The summed E-state index contributed by atoms with van der Waals surface area (Å²) in [5, 5.41) is 3.08. The molecule has 3 rings (SSSR count). The number of carbonyl (C=O) groups excluding carboxylic acids is 1. The number of hydrogen-bond donors (Lipinski definition) is 1. The molecule has 2 aromatic heterocycles. The number of nitrogens with one attached hydrogen (secondary N) is 1. The van der Waals surface area contributed by atoms with E-state index in [-0.39, 0.29) is 17.7 Å². The summed E-state index contributed by atoms with van der Waals surface area (Å²) < 4.78 is 14.2. The Balaban J connectivity index is 1.53. The maximum absolute atomic E-state index is 12.3. The second-order valence-corrected chi connectivity index (χ2v) is 8.33. The number of pyridine rings is 1. The highest BCUT2D eigenvalue weighted by molar-refractivity contribution is 7.84. The third-order valence-electron chi connectivity index (χ3n) is 5.07. The third kappa shape index (κ3) is 4.04. The van der Waals surface area contributed by atoms with Gasteiger partial charge in [-0.1, -0.05) is 32.8 Å². The van der Waals surface area contributed by atoms with Gasteiger partial charge in [0.15, 0.2) is 0 Å². The van der Waals surface area contributed by atoms with Crippen LogP contribution in [0.25, 0.3) is 5.65 Å². The van der Waals surface area contributed by atoms with E-state index >= 15 is 0 Å². The molecule has 0 aromatic carbocycles. The Kier molecular flexibility index (Phi) is 5.33. The fourth-order valence-corrected chi connectivity index (χ4v) is 4.40. The van der Waals surface area contributed by atoms with Crippen LogP contribution in [0.15, 0.2) is 30.6 Å². The molecule has 0 radical (unpaired) electrons. The first-order valence-corrected chi connectivity index (χ1v) is 10.1. The Bertz CT molecular complexity index is 710. The smallest absolute Gasteiger partial charge is 0.232 e. The van der Waals surface area contributed by atoms with Crippen molar-refractivity contribution in [1.29, 1.82) is 0 Å². The van der Waals surface area contributed by atoms with Crippen LogP contribution in [0, 0.1) is 11.8 Å². The Labute approximate surface area is 145 Å². The lowest BCUT2D eigenvalue weighted by Crippen LogP contribution is -2.45. The first-order chi connectivity index (χ1) is 11.5. The van der Waals surface area contributed by atoms with Gasteiger partial charge in [0.05, 0.1) is 11.4 Å². The minimum atomic E-state index is -1.24. The maximum atomic E-state index is 12.3. The van der Waals surface area contributed by atoms with E-state index < -0.39 is 10.8 Å². The zero-order chi connectivity index (χ0) is 17.1. The van der Waals surface area contributed by atoms with Crippen LogP contribution in [0.5, 0.6) is 0 Å². The summed E-state index contributed by atoms with van der Waals surface area (Å²) in [4.78, 5) is 16.6. The van der Waals surface area contributed by atoms with E-state index in [2.05, 4.69) is 24.1 Å². The van der Waals surface area contributed by atoms with Crippen LogP contribution in [0.3, 0.4) is 0 Å². The first kappa shape index (κ1) is 17.1. The number of amides is 1. The van der Waals surface area contributed by atoms with Crippen LogP contribution < -0.4 is 5.32 Å². The van der Waals surface area contributed by atoms with Crippen LogP contribution in [-0.2, 0) is 21.3 Å². The van der Waals surface area contributed by atoms with Gasteiger partial charge in [-0.3, -0.25) is 9.00 Å². The van der Waals surface area contributed by atoms with Gasteiger partial charge in [-0.15, -0.1) is 0 Å². The highest BCUT2D eigenvalue weighted by Gasteiger charge is 2.28. The second kappa shape index (κ2) is 7.47. The van der Waals surface area contributed by atoms with Crippen molar-refractivity contribution in [3.05, 3.63) is 36.3 Å². The van der Waals surface area contributed by atoms with E-state index in [1.165, 1.54) is 6.42 Å². The van der Waals surface area contributed by atoms with E-state index in [0.717, 1.165) is 24.2 Å². The summed E-state index contributed by atoms with van der Waals surface area (Å²) in [6, 6.07) is 5.97. The van der Waals surface area contributed by atoms with Crippen molar-refractivity contribution in [1.82, 2.24) is 14.7 Å². The number of hydrogen-bond acceptors (Lipinski definition) is 3. The Morgan fingerprint density at radius 3 is 3.00 bits per heavy atom. The van der Waals surface area contributed by atoms with Gasteiger partial charge in [0.2, 0.25) is 5.91 Å². The summed E-state index contributed by atoms with van der Waals surface area (Å²) in [7, 11) is -1.24. The molecule has 4 atom stereocenters. The van der Waals surface area contributed by atoms with Crippen molar-refractivity contribution >= 4 is 22.4 Å². The third-order valence-corrected chi connectivity index (χ3v) is 6.27. The number of imidazole rings is 1. The maximum Gasteiger partial charge on any atom is 0.232 e. The summed E-state index contributed by atoms with van der Waals surface area (Å²) in [6.07, 6.45) is 7.19. The molecule has 5 nitrogen and oxygen atoms in total. The highest BCUT2D eigenvalue weighted by atomic mass is 32.2. The van der Waals surface area contributed by atoms with Crippen LogP contribution >= 0.6 is 0 Å². The molecule has 2 aromatic rings. The molecule has 0 aliphatic heterocycles. The average Bonchev–Trinajstić information content (AvgIpc) is 2.93. The largest absolute Gasteiger partial charge is 0.352 e. The van der Waals surface area contributed by atoms with Crippen molar-refractivity contribution < 1.29 is 9.00 Å². The monoisotopic (exact) mass is 347 g/mol. The summed E-state index contributed by atoms with van der Waals surface area (Å²) in [6.45, 7) is 4.44. The van der Waals surface area contributed by atoms with Gasteiger partial charge in [-0.2, -0.15) is 0 Å². The number of carbonyl (C=O) groups is 1. The van der Waals surface area contributed by atoms with Crippen molar-refractivity contribution in [3.8, 4) is 0 Å². The van der Waals surface area contributed by atoms with Crippen LogP contribution in [0.1, 0.15) is 38.8 Å². The minimum absolute atomic E-state index is 0.0471. The first-order valence-electron chi connectivity index (χ1n) is 8.60. The molecule has 6 heteroatoms. The standard InChI is InChI=1S/C18H25N3O2S/c1-13-6-5-7-16(14(13)2)20-18(22)12-24(23)11-15-10-21-9-4-3-8-17(21)19-15/h3-4,8-10,13-14,16H,5-7,11-12H2,1-2H3,(H,20,22)/t13-,14+,16+,24-/m1/s1. The topological polar surface area (TPSA) is 63.5 Å². The molecule has 24 heavy (non-hydrogen) atoms. The zero-order valence-electron chi connectivity index (χ0n) is 14.3. The van der Waals surface area contributed by atoms with Gasteiger partial charge < -0.3 is 9.72 Å². The summed E-state index contributed by atoms with van der Waals surface area (Å²) in [5.41, 5.74) is 1.59. The van der Waals surface area contributed by atoms with Gasteiger partial charge in [-0.05, 0) is 30.4 Å². The van der Waals surface area contributed by atoms with E-state index in [0.29, 0.717) is 17.6 Å². The molecule has 0 bridgehead atoms. The van der Waals surface area contributed by atoms with Crippen LogP contribution in [-0.4, -0.2) is 31.3 Å². The Hall–Kier alpha value is -1.69. The molecule has 1 amide bonds. The lowest BCUT2D eigenvalue weighted by Gasteiger charge is -2.34. The van der Waals surface area contributed by atoms with Crippen molar-refractivity contribution in [2.75, 3.05) is 5.75 Å². The molecule has 0 unspecified atom stereocenters. The predicted molar refractivity (Wildman–Crippen MR) is 96.0 cm³/mol. The molecule has 1 aliphatic carbocycles. The molecule has 0 saturated heterocycles. The van der Waals surface area contributed by atoms with Crippen LogP contribution in [0.4, 0.5) is 0 Å². The molecule has 0 spiro atoms. The van der Waals surface area contributed by atoms with E-state index in [4.69, 9.17) is 0 Å². The van der Waals surface area contributed by atoms with Gasteiger partial charge in [0, 0.05) is 29.2 Å². The Morgan fingerprint density at radius 1 is 1.38 bits per heavy atom. The van der Waals surface area contributed by atoms with Crippen molar-refractivity contribution in [2.45, 2.75) is 44.9 Å². The molecule has 2 heterocycles. The van der Waals surface area contributed by atoms with E-state index in [1.807, 2.05) is 35.0 Å². The number of nitrogens with zero attached hydrogens (tertiary/aromatic N) is 2. The molecular formula is C18H25N3O2S. The van der Waals surface area contributed by atoms with E-state index in [1.54, 1.807) is 0 Å². The molecule has 1 aliphatic rings. The number of fused-ring (bicyclic) bond motifs is 1. The molecule has 1 fully saturated rings. The summed E-state index contributed by atoms with van der Waals surface area (Å²) >= 11 is 0. The average molecular weight is 347 g/mol. The SMILES string of the molecule is C[C@H]1[C@H](C)CCC[C@@H]1NC(=O)C[S@](=O)Cc1cn2ccccc2n1. The lowest BCUT2D eigenvalue weighted by atomic mass is 9.78. The van der Waals surface area contributed by atoms with Crippen molar-refractivity contribution in [2.24, 2.45) is 11.8 Å². The predicted octanol–water partition coefficient (Wildman–Crippen LogP) is 2.52. The van der Waals surface area contributed by atoms with Gasteiger partial charge in [-0.25, -0.2) is 4.98 Å². The molecular weight excluding hydrogens is 322 g/mol. The number of rotatable bonds is 5. The molecule has 130 valence electrons. The van der Waals surface area contributed by atoms with Gasteiger partial charge in [0.25, 0.3) is 0 Å². The quantitative estimate of drug-likeness (QED) is 0.904. The van der Waals surface area contributed by atoms with Gasteiger partial charge >= 0.3 is 0 Å². The fraction of sp³-hybridized carbons (Fsp3) is 0.556. The normalized spacial score (nSPS) is 25.5. The Morgan fingerprint density at radius 2 is 2.21 bits per heavy atom.